The van der Waals surface area contributed by atoms with E-state index in [2.05, 4.69) is 10.3 Å². The third kappa shape index (κ3) is 4.32. The van der Waals surface area contributed by atoms with E-state index in [1.165, 1.54) is 12.8 Å². The number of aliphatic imine (C=N–C) groups is 1. The number of rotatable bonds is 4. The number of nitrogens with zero attached hydrogens (tertiary/aromatic N) is 1. The zero-order chi connectivity index (χ0) is 11.3. The van der Waals surface area contributed by atoms with Gasteiger partial charge in [-0.15, -0.1) is 0 Å². The van der Waals surface area contributed by atoms with Gasteiger partial charge in [0.15, 0.2) is 0 Å². The summed E-state index contributed by atoms with van der Waals surface area (Å²) in [6.07, 6.45) is 4.72. The van der Waals surface area contributed by atoms with E-state index in [1.807, 2.05) is 13.8 Å². The second kappa shape index (κ2) is 5.73. The predicted octanol–water partition coefficient (Wildman–Crippen LogP) is 1.06. The maximum atomic E-state index is 11.3. The molecule has 0 spiro atoms. The molecule has 0 aromatic carbocycles. The Balaban J connectivity index is 2.32. The number of carbonyl (C=O) groups is 1. The molecular weight excluding hydrogens is 190 g/mol. The van der Waals surface area contributed by atoms with Crippen LogP contribution in [0.5, 0.6) is 0 Å². The number of amides is 1. The van der Waals surface area contributed by atoms with Crippen molar-refractivity contribution in [3.8, 4) is 0 Å². The van der Waals surface area contributed by atoms with Crippen molar-refractivity contribution < 1.29 is 4.79 Å². The summed E-state index contributed by atoms with van der Waals surface area (Å²) in [5, 5.41) is 2.79. The highest BCUT2D eigenvalue weighted by molar-refractivity contribution is 5.86. The molecule has 0 aromatic heterocycles. The highest BCUT2D eigenvalue weighted by atomic mass is 16.1. The van der Waals surface area contributed by atoms with Crippen LogP contribution in [0.1, 0.15) is 39.5 Å². The van der Waals surface area contributed by atoms with E-state index < -0.39 is 0 Å². The molecule has 4 heteroatoms. The fourth-order valence-corrected chi connectivity index (χ4v) is 1.88. The number of nitrogens with two attached hydrogens (primary N) is 1. The molecule has 1 saturated carbocycles. The first-order valence-corrected chi connectivity index (χ1v) is 5.68. The Morgan fingerprint density at radius 1 is 1.47 bits per heavy atom. The SMILES string of the molecule is CC(C)NC(=O)CN=C(N)C1CCCC1. The molecular formula is C11H21N3O. The number of carbonyl (C=O) groups excluding carboxylic acids is 1. The van der Waals surface area contributed by atoms with Gasteiger partial charge in [0, 0.05) is 12.0 Å². The Kier molecular flexibility index (Phi) is 4.59. The van der Waals surface area contributed by atoms with Gasteiger partial charge in [0.1, 0.15) is 6.54 Å². The second-order valence-corrected chi connectivity index (χ2v) is 4.44. The molecule has 0 saturated heterocycles. The van der Waals surface area contributed by atoms with Crippen LogP contribution in [0.15, 0.2) is 4.99 Å². The first kappa shape index (κ1) is 12.0. The van der Waals surface area contributed by atoms with Gasteiger partial charge in [-0.1, -0.05) is 12.8 Å². The average Bonchev–Trinajstić information content (AvgIpc) is 2.65. The smallest absolute Gasteiger partial charge is 0.241 e. The quantitative estimate of drug-likeness (QED) is 0.539. The molecule has 1 rings (SSSR count). The first-order valence-electron chi connectivity index (χ1n) is 5.68. The van der Waals surface area contributed by atoms with Gasteiger partial charge in [-0.25, -0.2) is 0 Å². The molecule has 0 bridgehead atoms. The van der Waals surface area contributed by atoms with Gasteiger partial charge >= 0.3 is 0 Å². The van der Waals surface area contributed by atoms with Crippen LogP contribution >= 0.6 is 0 Å². The normalized spacial score (nSPS) is 18.5. The topological polar surface area (TPSA) is 67.5 Å². The van der Waals surface area contributed by atoms with E-state index in [0.29, 0.717) is 11.8 Å². The lowest BCUT2D eigenvalue weighted by atomic mass is 10.1. The predicted molar refractivity (Wildman–Crippen MR) is 61.7 cm³/mol. The standard InChI is InChI=1S/C11H21N3O/c1-8(2)14-10(15)7-13-11(12)9-5-3-4-6-9/h8-9H,3-7H2,1-2H3,(H2,12,13)(H,14,15). The van der Waals surface area contributed by atoms with Gasteiger partial charge in [0.2, 0.25) is 5.91 Å². The van der Waals surface area contributed by atoms with Crippen molar-refractivity contribution in [3.63, 3.8) is 0 Å². The molecule has 3 N–H and O–H groups in total. The van der Waals surface area contributed by atoms with E-state index in [4.69, 9.17) is 5.73 Å². The highest BCUT2D eigenvalue weighted by Gasteiger charge is 2.18. The Labute approximate surface area is 91.3 Å². The zero-order valence-electron chi connectivity index (χ0n) is 9.62. The number of nitrogens with one attached hydrogen (secondary N) is 1. The van der Waals surface area contributed by atoms with Gasteiger partial charge in [0.05, 0.1) is 5.84 Å². The van der Waals surface area contributed by atoms with Crippen LogP contribution in [-0.4, -0.2) is 24.3 Å². The summed E-state index contributed by atoms with van der Waals surface area (Å²) in [7, 11) is 0. The molecule has 1 aliphatic rings. The number of amidine groups is 1. The molecule has 4 nitrogen and oxygen atoms in total. The van der Waals surface area contributed by atoms with Crippen LogP contribution in [-0.2, 0) is 4.79 Å². The Morgan fingerprint density at radius 3 is 2.60 bits per heavy atom. The largest absolute Gasteiger partial charge is 0.387 e. The van der Waals surface area contributed by atoms with Crippen molar-refractivity contribution in [2.24, 2.45) is 16.6 Å². The molecule has 0 atom stereocenters. The van der Waals surface area contributed by atoms with E-state index in [9.17, 15) is 4.79 Å². The maximum absolute atomic E-state index is 11.3. The number of hydrogen-bond donors (Lipinski definition) is 2. The molecule has 0 radical (unpaired) electrons. The molecule has 1 fully saturated rings. The summed E-state index contributed by atoms with van der Waals surface area (Å²) in [4.78, 5) is 15.4. The molecule has 0 unspecified atom stereocenters. The summed E-state index contributed by atoms with van der Waals surface area (Å²) in [5.74, 6) is 1.02. The average molecular weight is 211 g/mol. The maximum Gasteiger partial charge on any atom is 0.241 e. The van der Waals surface area contributed by atoms with Gasteiger partial charge in [-0.2, -0.15) is 0 Å². The summed E-state index contributed by atoms with van der Waals surface area (Å²) in [6.45, 7) is 4.03. The molecule has 1 aliphatic carbocycles. The van der Waals surface area contributed by atoms with Gasteiger partial charge < -0.3 is 11.1 Å². The van der Waals surface area contributed by atoms with Crippen LogP contribution in [0, 0.1) is 5.92 Å². The van der Waals surface area contributed by atoms with Crippen molar-refractivity contribution in [2.45, 2.75) is 45.6 Å². The second-order valence-electron chi connectivity index (χ2n) is 4.44. The van der Waals surface area contributed by atoms with Crippen molar-refractivity contribution in [1.29, 1.82) is 0 Å². The monoisotopic (exact) mass is 211 g/mol. The van der Waals surface area contributed by atoms with Crippen LogP contribution in [0.3, 0.4) is 0 Å². The van der Waals surface area contributed by atoms with E-state index >= 15 is 0 Å². The van der Waals surface area contributed by atoms with Crippen LogP contribution in [0.4, 0.5) is 0 Å². The Morgan fingerprint density at radius 2 is 2.07 bits per heavy atom. The van der Waals surface area contributed by atoms with Gasteiger partial charge in [-0.3, -0.25) is 9.79 Å². The molecule has 1 amide bonds. The third-order valence-corrected chi connectivity index (χ3v) is 2.63. The minimum atomic E-state index is -0.0500. The first-order chi connectivity index (χ1) is 7.09. The third-order valence-electron chi connectivity index (χ3n) is 2.63. The molecule has 0 aliphatic heterocycles. The van der Waals surface area contributed by atoms with Crippen LogP contribution < -0.4 is 11.1 Å². The zero-order valence-corrected chi connectivity index (χ0v) is 9.62. The Bertz CT molecular complexity index is 242. The van der Waals surface area contributed by atoms with E-state index in [1.54, 1.807) is 0 Å². The lowest BCUT2D eigenvalue weighted by Crippen LogP contribution is -2.33. The van der Waals surface area contributed by atoms with E-state index in [0.717, 1.165) is 12.8 Å². The summed E-state index contributed by atoms with van der Waals surface area (Å²) >= 11 is 0. The lowest BCUT2D eigenvalue weighted by Gasteiger charge is -2.09. The minimum Gasteiger partial charge on any atom is -0.387 e. The molecule has 0 heterocycles. The summed E-state index contributed by atoms with van der Waals surface area (Å²) in [6, 6.07) is 0.167. The van der Waals surface area contributed by atoms with Crippen LogP contribution in [0.2, 0.25) is 0 Å². The van der Waals surface area contributed by atoms with Crippen molar-refractivity contribution >= 4 is 11.7 Å². The van der Waals surface area contributed by atoms with Gasteiger partial charge in [0.25, 0.3) is 0 Å². The minimum absolute atomic E-state index is 0.0500. The fraction of sp³-hybridized carbons (Fsp3) is 0.818. The Hall–Kier alpha value is -1.06. The molecule has 0 aromatic rings. The summed E-state index contributed by atoms with van der Waals surface area (Å²) < 4.78 is 0. The molecule has 15 heavy (non-hydrogen) atoms. The lowest BCUT2D eigenvalue weighted by molar-refractivity contribution is -0.120. The van der Waals surface area contributed by atoms with Crippen molar-refractivity contribution in [1.82, 2.24) is 5.32 Å². The van der Waals surface area contributed by atoms with Crippen LogP contribution in [0.25, 0.3) is 0 Å². The molecule has 86 valence electrons. The highest BCUT2D eigenvalue weighted by Crippen LogP contribution is 2.24. The fourth-order valence-electron chi connectivity index (χ4n) is 1.88. The van der Waals surface area contributed by atoms with Crippen molar-refractivity contribution in [2.75, 3.05) is 6.54 Å². The summed E-state index contributed by atoms with van der Waals surface area (Å²) in [5.41, 5.74) is 5.83. The van der Waals surface area contributed by atoms with Gasteiger partial charge in [-0.05, 0) is 26.7 Å². The van der Waals surface area contributed by atoms with E-state index in [-0.39, 0.29) is 18.5 Å². The number of hydrogen-bond acceptors (Lipinski definition) is 2. The van der Waals surface area contributed by atoms with Crippen molar-refractivity contribution in [3.05, 3.63) is 0 Å².